The fourth-order valence-electron chi connectivity index (χ4n) is 2.74. The number of anilines is 1. The van der Waals surface area contributed by atoms with Gasteiger partial charge in [0.25, 0.3) is 5.56 Å². The number of hydrogen-bond donors (Lipinski definition) is 2. The van der Waals surface area contributed by atoms with Crippen LogP contribution < -0.4 is 15.6 Å². The number of benzene rings is 1. The van der Waals surface area contributed by atoms with E-state index < -0.39 is 0 Å². The van der Waals surface area contributed by atoms with Crippen molar-refractivity contribution in [2.45, 2.75) is 20.3 Å². The van der Waals surface area contributed by atoms with Gasteiger partial charge in [-0.15, -0.1) is 0 Å². The van der Waals surface area contributed by atoms with Gasteiger partial charge in [0.1, 0.15) is 5.75 Å². The highest BCUT2D eigenvalue weighted by atomic mass is 79.9. The molecule has 1 aromatic carbocycles. The van der Waals surface area contributed by atoms with Crippen LogP contribution in [0.3, 0.4) is 0 Å². The Hall–Kier alpha value is -2.61. The van der Waals surface area contributed by atoms with Crippen molar-refractivity contribution in [2.24, 2.45) is 0 Å². The van der Waals surface area contributed by atoms with Gasteiger partial charge in [0.15, 0.2) is 5.65 Å². The van der Waals surface area contributed by atoms with Gasteiger partial charge in [-0.2, -0.15) is 0 Å². The lowest BCUT2D eigenvalue weighted by atomic mass is 10.1. The average Bonchev–Trinajstić information content (AvgIpc) is 2.92. The first-order valence-corrected chi connectivity index (χ1v) is 8.39. The molecule has 0 aliphatic carbocycles. The van der Waals surface area contributed by atoms with Crippen molar-refractivity contribution >= 4 is 33.2 Å². The lowest BCUT2D eigenvalue weighted by molar-refractivity contribution is -0.115. The standard InChI is InChI=1S/C17H17BrN4O3/c1-9-12(10(2)22-15(19-9)8-17(24)21-22)7-16(23)20-13-6-11(18)4-5-14(13)25-3/h4-6,8H,7H2,1-3H3,(H,20,23)(H,21,24). The van der Waals surface area contributed by atoms with Gasteiger partial charge in [0, 0.05) is 27.5 Å². The van der Waals surface area contributed by atoms with E-state index in [1.807, 2.05) is 19.9 Å². The van der Waals surface area contributed by atoms with Crippen LogP contribution in [0.15, 0.2) is 33.5 Å². The van der Waals surface area contributed by atoms with Crippen LogP contribution in [0.25, 0.3) is 5.65 Å². The Morgan fingerprint density at radius 2 is 2.12 bits per heavy atom. The van der Waals surface area contributed by atoms with Crippen LogP contribution in [-0.4, -0.2) is 27.6 Å². The largest absolute Gasteiger partial charge is 0.495 e. The van der Waals surface area contributed by atoms with E-state index >= 15 is 0 Å². The molecule has 0 spiro atoms. The predicted octanol–water partition coefficient (Wildman–Crippen LogP) is 2.59. The van der Waals surface area contributed by atoms with E-state index in [0.29, 0.717) is 22.8 Å². The monoisotopic (exact) mass is 404 g/mol. The summed E-state index contributed by atoms with van der Waals surface area (Å²) in [7, 11) is 1.55. The van der Waals surface area contributed by atoms with Crippen molar-refractivity contribution in [3.05, 3.63) is 56.0 Å². The second-order valence-corrected chi connectivity index (χ2v) is 6.56. The van der Waals surface area contributed by atoms with E-state index in [4.69, 9.17) is 4.74 Å². The maximum atomic E-state index is 12.5. The summed E-state index contributed by atoms with van der Waals surface area (Å²) in [6.07, 6.45) is 0.135. The molecule has 130 valence electrons. The SMILES string of the molecule is COc1ccc(Br)cc1NC(=O)Cc1c(C)nc2cc(=O)[nH]n2c1C. The van der Waals surface area contributed by atoms with Crippen LogP contribution in [0.4, 0.5) is 5.69 Å². The maximum absolute atomic E-state index is 12.5. The maximum Gasteiger partial charge on any atom is 0.266 e. The van der Waals surface area contributed by atoms with E-state index in [-0.39, 0.29) is 17.9 Å². The van der Waals surface area contributed by atoms with Crippen LogP contribution >= 0.6 is 15.9 Å². The third kappa shape index (κ3) is 3.43. The number of nitrogens with zero attached hydrogens (tertiary/aromatic N) is 2. The van der Waals surface area contributed by atoms with E-state index in [1.165, 1.54) is 6.07 Å². The number of aromatic amines is 1. The number of aromatic nitrogens is 3. The first-order chi connectivity index (χ1) is 11.9. The number of carbonyl (C=O) groups excluding carboxylic acids is 1. The Morgan fingerprint density at radius 3 is 2.84 bits per heavy atom. The summed E-state index contributed by atoms with van der Waals surface area (Å²) in [6.45, 7) is 3.67. The number of H-pyrrole nitrogens is 1. The Kier molecular flexibility index (Phi) is 4.63. The molecule has 0 aliphatic rings. The van der Waals surface area contributed by atoms with Crippen LogP contribution in [0.1, 0.15) is 17.0 Å². The van der Waals surface area contributed by atoms with Gasteiger partial charge in [-0.3, -0.25) is 14.7 Å². The highest BCUT2D eigenvalue weighted by molar-refractivity contribution is 9.10. The van der Waals surface area contributed by atoms with Crippen LogP contribution in [0.2, 0.25) is 0 Å². The van der Waals surface area contributed by atoms with Crippen molar-refractivity contribution < 1.29 is 9.53 Å². The summed E-state index contributed by atoms with van der Waals surface area (Å²) in [5, 5.41) is 5.54. The number of amides is 1. The second-order valence-electron chi connectivity index (χ2n) is 5.64. The second kappa shape index (κ2) is 6.72. The predicted molar refractivity (Wildman–Crippen MR) is 98.3 cm³/mol. The Morgan fingerprint density at radius 1 is 1.36 bits per heavy atom. The molecule has 2 heterocycles. The molecule has 0 saturated heterocycles. The lowest BCUT2D eigenvalue weighted by Gasteiger charge is -2.13. The van der Waals surface area contributed by atoms with Crippen molar-refractivity contribution in [3.8, 4) is 5.75 Å². The number of carbonyl (C=O) groups is 1. The van der Waals surface area contributed by atoms with Gasteiger partial charge in [0.2, 0.25) is 5.91 Å². The van der Waals surface area contributed by atoms with E-state index in [2.05, 4.69) is 31.3 Å². The molecule has 3 rings (SSSR count). The van der Waals surface area contributed by atoms with Crippen molar-refractivity contribution in [1.82, 2.24) is 14.6 Å². The number of ether oxygens (including phenoxy) is 1. The molecular weight excluding hydrogens is 388 g/mol. The molecule has 3 aromatic rings. The molecule has 0 saturated carbocycles. The molecule has 2 aromatic heterocycles. The lowest BCUT2D eigenvalue weighted by Crippen LogP contribution is -2.18. The van der Waals surface area contributed by atoms with Crippen molar-refractivity contribution in [2.75, 3.05) is 12.4 Å². The molecule has 7 nitrogen and oxygen atoms in total. The minimum atomic E-state index is -0.226. The molecular formula is C17H17BrN4O3. The fourth-order valence-corrected chi connectivity index (χ4v) is 3.11. The fraction of sp³-hybridized carbons (Fsp3) is 0.235. The summed E-state index contributed by atoms with van der Waals surface area (Å²) >= 11 is 3.38. The van der Waals surface area contributed by atoms with Gasteiger partial charge >= 0.3 is 0 Å². The van der Waals surface area contributed by atoms with Gasteiger partial charge < -0.3 is 10.1 Å². The summed E-state index contributed by atoms with van der Waals surface area (Å²) in [5.74, 6) is 0.381. The first-order valence-electron chi connectivity index (χ1n) is 7.60. The number of nitrogens with one attached hydrogen (secondary N) is 2. The van der Waals surface area contributed by atoms with Gasteiger partial charge in [-0.25, -0.2) is 9.50 Å². The minimum absolute atomic E-state index is 0.135. The van der Waals surface area contributed by atoms with Crippen LogP contribution in [0.5, 0.6) is 5.75 Å². The van der Waals surface area contributed by atoms with Crippen molar-refractivity contribution in [3.63, 3.8) is 0 Å². The molecule has 0 radical (unpaired) electrons. The Balaban J connectivity index is 1.90. The smallest absolute Gasteiger partial charge is 0.266 e. The quantitative estimate of drug-likeness (QED) is 0.699. The zero-order chi connectivity index (χ0) is 18.1. The number of halogens is 1. The van der Waals surface area contributed by atoms with E-state index in [9.17, 15) is 9.59 Å². The molecule has 25 heavy (non-hydrogen) atoms. The van der Waals surface area contributed by atoms with Crippen LogP contribution in [-0.2, 0) is 11.2 Å². The van der Waals surface area contributed by atoms with Crippen molar-refractivity contribution in [1.29, 1.82) is 0 Å². The van der Waals surface area contributed by atoms with Gasteiger partial charge in [-0.1, -0.05) is 15.9 Å². The van der Waals surface area contributed by atoms with Crippen LogP contribution in [0, 0.1) is 13.8 Å². The molecule has 0 aliphatic heterocycles. The third-order valence-electron chi connectivity index (χ3n) is 3.98. The highest BCUT2D eigenvalue weighted by Gasteiger charge is 2.15. The Bertz CT molecular complexity index is 1020. The number of fused-ring (bicyclic) bond motifs is 1. The Labute approximate surface area is 152 Å². The normalized spacial score (nSPS) is 10.9. The number of rotatable bonds is 4. The summed E-state index contributed by atoms with van der Waals surface area (Å²) in [4.78, 5) is 28.4. The van der Waals surface area contributed by atoms with E-state index in [0.717, 1.165) is 15.7 Å². The van der Waals surface area contributed by atoms with Gasteiger partial charge in [0.05, 0.1) is 19.2 Å². The molecule has 0 atom stereocenters. The van der Waals surface area contributed by atoms with Gasteiger partial charge in [-0.05, 0) is 32.0 Å². The average molecular weight is 405 g/mol. The topological polar surface area (TPSA) is 88.5 Å². The number of methoxy groups -OCH3 is 1. The zero-order valence-electron chi connectivity index (χ0n) is 14.0. The minimum Gasteiger partial charge on any atom is -0.495 e. The number of hydrogen-bond acceptors (Lipinski definition) is 4. The molecule has 1 amide bonds. The summed E-state index contributed by atoms with van der Waals surface area (Å²) in [6, 6.07) is 6.81. The number of aryl methyl sites for hydroxylation is 2. The molecule has 0 unspecified atom stereocenters. The zero-order valence-corrected chi connectivity index (χ0v) is 15.6. The third-order valence-corrected chi connectivity index (χ3v) is 4.47. The molecule has 2 N–H and O–H groups in total. The first kappa shape index (κ1) is 17.2. The van der Waals surface area contributed by atoms with E-state index in [1.54, 1.807) is 23.8 Å². The molecule has 0 bridgehead atoms. The summed E-state index contributed by atoms with van der Waals surface area (Å²) < 4.78 is 7.70. The summed E-state index contributed by atoms with van der Waals surface area (Å²) in [5.41, 5.74) is 3.16. The highest BCUT2D eigenvalue weighted by Crippen LogP contribution is 2.28. The molecule has 8 heteroatoms. The molecule has 0 fully saturated rings.